The first-order valence-electron chi connectivity index (χ1n) is 10.7. The molecule has 1 atom stereocenters. The Hall–Kier alpha value is -2.76. The Labute approximate surface area is 178 Å². The van der Waals surface area contributed by atoms with E-state index in [1.54, 1.807) is 13.2 Å². The van der Waals surface area contributed by atoms with Gasteiger partial charge in [0.15, 0.2) is 0 Å². The van der Waals surface area contributed by atoms with E-state index >= 15 is 0 Å². The number of carbonyl (C=O) groups is 1. The molecule has 0 bridgehead atoms. The summed E-state index contributed by atoms with van der Waals surface area (Å²) >= 11 is 0. The maximum Gasteiger partial charge on any atom is 0.270 e. The lowest BCUT2D eigenvalue weighted by atomic mass is 10.0. The zero-order chi connectivity index (χ0) is 20.8. The number of nitrogens with zero attached hydrogens (tertiary/aromatic N) is 2. The van der Waals surface area contributed by atoms with Gasteiger partial charge in [0.05, 0.1) is 17.7 Å². The Kier molecular flexibility index (Phi) is 6.72. The fourth-order valence-electron chi connectivity index (χ4n) is 4.11. The molecule has 1 N–H and O–H groups in total. The molecule has 5 nitrogen and oxygen atoms in total. The summed E-state index contributed by atoms with van der Waals surface area (Å²) in [5, 5.41) is 4.26. The largest absolute Gasteiger partial charge is 0.381 e. The molecule has 1 aliphatic heterocycles. The second kappa shape index (κ2) is 9.83. The van der Waals surface area contributed by atoms with Crippen LogP contribution in [0.1, 0.15) is 41.4 Å². The van der Waals surface area contributed by atoms with Crippen LogP contribution in [0.3, 0.4) is 0 Å². The van der Waals surface area contributed by atoms with Gasteiger partial charge < -0.3 is 15.0 Å². The van der Waals surface area contributed by atoms with Crippen LogP contribution >= 0.6 is 0 Å². The lowest BCUT2D eigenvalue weighted by molar-refractivity contribution is 0.0400. The number of carbonyl (C=O) groups excluding carboxylic acids is 1. The fourth-order valence-corrected chi connectivity index (χ4v) is 4.11. The molecule has 1 amide bonds. The van der Waals surface area contributed by atoms with E-state index in [1.807, 2.05) is 48.5 Å². The van der Waals surface area contributed by atoms with E-state index in [1.165, 1.54) is 0 Å². The average molecular weight is 404 g/mol. The van der Waals surface area contributed by atoms with Crippen LogP contribution in [-0.4, -0.2) is 48.6 Å². The SMILES string of the molecule is COC1CCN(CCC(NC(=O)c2ccc3ccccc3n2)c2ccccc2)CC1. The van der Waals surface area contributed by atoms with Crippen LogP contribution in [0, 0.1) is 0 Å². The van der Waals surface area contributed by atoms with Gasteiger partial charge in [-0.3, -0.25) is 4.79 Å². The predicted molar refractivity (Wildman–Crippen MR) is 119 cm³/mol. The number of nitrogens with one attached hydrogen (secondary N) is 1. The Balaban J connectivity index is 1.45. The normalized spacial score (nSPS) is 16.4. The quantitative estimate of drug-likeness (QED) is 0.642. The van der Waals surface area contributed by atoms with Crippen molar-refractivity contribution in [2.45, 2.75) is 31.4 Å². The van der Waals surface area contributed by atoms with E-state index in [2.05, 4.69) is 27.3 Å². The Morgan fingerprint density at radius 3 is 2.57 bits per heavy atom. The highest BCUT2D eigenvalue weighted by atomic mass is 16.5. The van der Waals surface area contributed by atoms with Gasteiger partial charge in [0.2, 0.25) is 0 Å². The van der Waals surface area contributed by atoms with Crippen molar-refractivity contribution in [2.75, 3.05) is 26.7 Å². The molecule has 0 aliphatic carbocycles. The molecule has 1 saturated heterocycles. The molecule has 3 aromatic rings. The second-order valence-corrected chi connectivity index (χ2v) is 7.89. The van der Waals surface area contributed by atoms with E-state index < -0.39 is 0 Å². The van der Waals surface area contributed by atoms with Gasteiger partial charge in [0, 0.05) is 32.1 Å². The van der Waals surface area contributed by atoms with Crippen molar-refractivity contribution in [2.24, 2.45) is 0 Å². The number of ether oxygens (including phenoxy) is 1. The highest BCUT2D eigenvalue weighted by Gasteiger charge is 2.21. The number of para-hydroxylation sites is 1. The van der Waals surface area contributed by atoms with Crippen LogP contribution in [-0.2, 0) is 4.74 Å². The minimum Gasteiger partial charge on any atom is -0.381 e. The van der Waals surface area contributed by atoms with Gasteiger partial charge in [-0.05, 0) is 37.0 Å². The van der Waals surface area contributed by atoms with E-state index in [9.17, 15) is 4.79 Å². The Bertz CT molecular complexity index is 968. The maximum atomic E-state index is 13.0. The lowest BCUT2D eigenvalue weighted by Crippen LogP contribution is -2.39. The summed E-state index contributed by atoms with van der Waals surface area (Å²) in [6, 6.07) is 21.8. The van der Waals surface area contributed by atoms with Crippen molar-refractivity contribution in [1.82, 2.24) is 15.2 Å². The van der Waals surface area contributed by atoms with Crippen molar-refractivity contribution in [1.29, 1.82) is 0 Å². The molecule has 1 fully saturated rings. The van der Waals surface area contributed by atoms with Crippen LogP contribution in [0.2, 0.25) is 0 Å². The maximum absolute atomic E-state index is 13.0. The van der Waals surface area contributed by atoms with Crippen molar-refractivity contribution >= 4 is 16.8 Å². The van der Waals surface area contributed by atoms with Crippen molar-refractivity contribution in [3.05, 3.63) is 78.0 Å². The number of benzene rings is 2. The number of piperidine rings is 1. The molecule has 0 saturated carbocycles. The first-order valence-corrected chi connectivity index (χ1v) is 10.7. The minimum atomic E-state index is -0.132. The molecule has 0 radical (unpaired) electrons. The Morgan fingerprint density at radius 1 is 1.07 bits per heavy atom. The summed E-state index contributed by atoms with van der Waals surface area (Å²) in [5.41, 5.74) is 2.41. The van der Waals surface area contributed by atoms with Gasteiger partial charge in [-0.25, -0.2) is 4.98 Å². The number of methoxy groups -OCH3 is 1. The summed E-state index contributed by atoms with van der Waals surface area (Å²) < 4.78 is 5.48. The Morgan fingerprint density at radius 2 is 1.80 bits per heavy atom. The highest BCUT2D eigenvalue weighted by molar-refractivity contribution is 5.95. The summed E-state index contributed by atoms with van der Waals surface area (Å²) in [5.74, 6) is -0.132. The van der Waals surface area contributed by atoms with Crippen LogP contribution in [0.25, 0.3) is 10.9 Å². The third-order valence-electron chi connectivity index (χ3n) is 5.94. The molecule has 30 heavy (non-hydrogen) atoms. The zero-order valence-electron chi connectivity index (χ0n) is 17.5. The minimum absolute atomic E-state index is 0.0490. The van der Waals surface area contributed by atoms with Crippen molar-refractivity contribution in [3.63, 3.8) is 0 Å². The van der Waals surface area contributed by atoms with Gasteiger partial charge >= 0.3 is 0 Å². The van der Waals surface area contributed by atoms with Crippen molar-refractivity contribution in [3.8, 4) is 0 Å². The number of fused-ring (bicyclic) bond motifs is 1. The van der Waals surface area contributed by atoms with E-state index in [0.29, 0.717) is 11.8 Å². The fraction of sp³-hybridized carbons (Fsp3) is 0.360. The van der Waals surface area contributed by atoms with E-state index in [0.717, 1.165) is 55.4 Å². The van der Waals surface area contributed by atoms with Crippen LogP contribution < -0.4 is 5.32 Å². The topological polar surface area (TPSA) is 54.5 Å². The molecule has 1 aliphatic rings. The van der Waals surface area contributed by atoms with Crippen molar-refractivity contribution < 1.29 is 9.53 Å². The van der Waals surface area contributed by atoms with Gasteiger partial charge in [0.25, 0.3) is 5.91 Å². The molecule has 0 spiro atoms. The number of pyridine rings is 1. The number of amides is 1. The van der Waals surface area contributed by atoms with Gasteiger partial charge in [0.1, 0.15) is 5.69 Å². The monoisotopic (exact) mass is 403 g/mol. The molecule has 1 unspecified atom stereocenters. The molecule has 1 aromatic heterocycles. The lowest BCUT2D eigenvalue weighted by Gasteiger charge is -2.32. The number of hydrogen-bond acceptors (Lipinski definition) is 4. The first-order chi connectivity index (χ1) is 14.7. The van der Waals surface area contributed by atoms with E-state index in [4.69, 9.17) is 4.74 Å². The van der Waals surface area contributed by atoms with Crippen LogP contribution in [0.5, 0.6) is 0 Å². The molecule has 4 rings (SSSR count). The van der Waals surface area contributed by atoms with Gasteiger partial charge in [-0.1, -0.05) is 54.6 Å². The molecular formula is C25H29N3O2. The highest BCUT2D eigenvalue weighted by Crippen LogP contribution is 2.20. The molecule has 156 valence electrons. The number of rotatable bonds is 7. The van der Waals surface area contributed by atoms with E-state index in [-0.39, 0.29) is 11.9 Å². The third-order valence-corrected chi connectivity index (χ3v) is 5.94. The third kappa shape index (κ3) is 5.04. The second-order valence-electron chi connectivity index (χ2n) is 7.89. The first kappa shape index (κ1) is 20.5. The zero-order valence-corrected chi connectivity index (χ0v) is 17.5. The standard InChI is InChI=1S/C25H29N3O2/c1-30-21-13-16-28(17-14-21)18-15-23(19-7-3-2-4-8-19)27-25(29)24-12-11-20-9-5-6-10-22(20)26-24/h2-12,21,23H,13-18H2,1H3,(H,27,29). The summed E-state index contributed by atoms with van der Waals surface area (Å²) in [6.45, 7) is 3.03. The molecule has 2 heterocycles. The molecule has 5 heteroatoms. The molecular weight excluding hydrogens is 374 g/mol. The summed E-state index contributed by atoms with van der Waals surface area (Å²) in [7, 11) is 1.79. The predicted octanol–water partition coefficient (Wildman–Crippen LogP) is 4.21. The number of likely N-dealkylation sites (tertiary alicyclic amines) is 1. The number of aromatic nitrogens is 1. The molecule has 2 aromatic carbocycles. The van der Waals surface area contributed by atoms with Gasteiger partial charge in [-0.2, -0.15) is 0 Å². The van der Waals surface area contributed by atoms with Gasteiger partial charge in [-0.15, -0.1) is 0 Å². The van der Waals surface area contributed by atoms with Crippen LogP contribution in [0.4, 0.5) is 0 Å². The van der Waals surface area contributed by atoms with Crippen LogP contribution in [0.15, 0.2) is 66.7 Å². The summed E-state index contributed by atoms with van der Waals surface area (Å²) in [6.07, 6.45) is 3.38. The average Bonchev–Trinajstić information content (AvgIpc) is 2.82. The number of hydrogen-bond donors (Lipinski definition) is 1. The summed E-state index contributed by atoms with van der Waals surface area (Å²) in [4.78, 5) is 20.0. The smallest absolute Gasteiger partial charge is 0.270 e.